The highest BCUT2D eigenvalue weighted by Gasteiger charge is 2.56. The van der Waals surface area contributed by atoms with E-state index in [9.17, 15) is 23.6 Å². The van der Waals surface area contributed by atoms with E-state index in [-0.39, 0.29) is 29.0 Å². The summed E-state index contributed by atoms with van der Waals surface area (Å²) in [6, 6.07) is 1.57. The number of nitrogens with zero attached hydrogens (tertiary/aromatic N) is 1. The van der Waals surface area contributed by atoms with Crippen LogP contribution in [0.5, 0.6) is 0 Å². The molecular formula is C17H17FN2O4. The summed E-state index contributed by atoms with van der Waals surface area (Å²) in [6.07, 6.45) is 2.10. The smallest absolute Gasteiger partial charge is 0.255 e. The summed E-state index contributed by atoms with van der Waals surface area (Å²) in [5.74, 6) is -1.93. The molecule has 0 aromatic heterocycles. The van der Waals surface area contributed by atoms with E-state index in [1.807, 2.05) is 0 Å². The monoisotopic (exact) mass is 332 g/mol. The van der Waals surface area contributed by atoms with Gasteiger partial charge in [-0.1, -0.05) is 0 Å². The summed E-state index contributed by atoms with van der Waals surface area (Å²) in [7, 11) is 1.45. The lowest BCUT2D eigenvalue weighted by Crippen LogP contribution is -2.57. The van der Waals surface area contributed by atoms with E-state index in [1.54, 1.807) is 0 Å². The van der Waals surface area contributed by atoms with Gasteiger partial charge in [-0.25, -0.2) is 4.39 Å². The second-order valence-corrected chi connectivity index (χ2v) is 6.49. The van der Waals surface area contributed by atoms with E-state index >= 15 is 0 Å². The second kappa shape index (κ2) is 5.51. The molecule has 1 aliphatic heterocycles. The predicted octanol–water partition coefficient (Wildman–Crippen LogP) is 1.21. The maximum Gasteiger partial charge on any atom is 0.255 e. The second-order valence-electron chi connectivity index (χ2n) is 6.49. The van der Waals surface area contributed by atoms with E-state index in [1.165, 1.54) is 24.9 Å². The number of benzene rings is 1. The number of carbonyl (C=O) groups is 4. The van der Waals surface area contributed by atoms with Crippen LogP contribution in [0.2, 0.25) is 0 Å². The quantitative estimate of drug-likeness (QED) is 0.666. The predicted molar refractivity (Wildman–Crippen MR) is 81.8 cm³/mol. The molecule has 1 atom stereocenters. The molecule has 1 unspecified atom stereocenters. The molecule has 7 heteroatoms. The molecule has 0 bridgehead atoms. The minimum atomic E-state index is -0.789. The number of hydrogen-bond acceptors (Lipinski definition) is 4. The van der Waals surface area contributed by atoms with Gasteiger partial charge in [0.05, 0.1) is 11.0 Å². The molecule has 1 N–H and O–H groups in total. The number of likely N-dealkylation sites (N-methyl/N-ethyl adjacent to an activating group) is 1. The van der Waals surface area contributed by atoms with Crippen LogP contribution in [0.15, 0.2) is 12.1 Å². The Kier molecular flexibility index (Phi) is 3.74. The summed E-state index contributed by atoms with van der Waals surface area (Å²) < 4.78 is 13.6. The van der Waals surface area contributed by atoms with Gasteiger partial charge in [0.1, 0.15) is 11.9 Å². The van der Waals surface area contributed by atoms with E-state index in [0.29, 0.717) is 19.1 Å². The minimum Gasteiger partial charge on any atom is -0.330 e. The lowest BCUT2D eigenvalue weighted by molar-refractivity contribution is -0.141. The molecule has 2 aliphatic rings. The van der Waals surface area contributed by atoms with Gasteiger partial charge in [-0.15, -0.1) is 0 Å². The molecule has 24 heavy (non-hydrogen) atoms. The van der Waals surface area contributed by atoms with Crippen LogP contribution in [0.4, 0.5) is 4.39 Å². The molecule has 1 heterocycles. The number of nitrogens with one attached hydrogen (secondary N) is 1. The van der Waals surface area contributed by atoms with Crippen molar-refractivity contribution in [3.63, 3.8) is 0 Å². The standard InChI is InChI=1S/C17H17FN2O4/c1-9-11(8-21)10(3-4-12(9)18)15(23)20(2)13-7-17(5-6-17)16(24)19-14(13)22/h3-4,8,13H,5-7H2,1-2H3,(H,19,22,24). The summed E-state index contributed by atoms with van der Waals surface area (Å²) >= 11 is 0. The van der Waals surface area contributed by atoms with E-state index in [0.717, 1.165) is 6.07 Å². The van der Waals surface area contributed by atoms with Crippen molar-refractivity contribution in [1.29, 1.82) is 0 Å². The van der Waals surface area contributed by atoms with Gasteiger partial charge in [-0.05, 0) is 43.9 Å². The van der Waals surface area contributed by atoms with E-state index in [4.69, 9.17) is 0 Å². The van der Waals surface area contributed by atoms with Crippen LogP contribution in [-0.2, 0) is 9.59 Å². The highest BCUT2D eigenvalue weighted by molar-refractivity contribution is 6.08. The molecule has 0 radical (unpaired) electrons. The molecule has 1 saturated carbocycles. The Morgan fingerprint density at radius 2 is 2.04 bits per heavy atom. The summed E-state index contributed by atoms with van der Waals surface area (Å²) in [6.45, 7) is 1.42. The van der Waals surface area contributed by atoms with Crippen molar-refractivity contribution in [1.82, 2.24) is 10.2 Å². The van der Waals surface area contributed by atoms with Gasteiger partial charge < -0.3 is 4.90 Å². The van der Waals surface area contributed by atoms with Gasteiger partial charge in [-0.2, -0.15) is 0 Å². The van der Waals surface area contributed by atoms with Crippen molar-refractivity contribution in [3.05, 3.63) is 34.6 Å². The van der Waals surface area contributed by atoms with Gasteiger partial charge in [-0.3, -0.25) is 24.5 Å². The fourth-order valence-electron chi connectivity index (χ4n) is 3.15. The van der Waals surface area contributed by atoms with Crippen molar-refractivity contribution in [3.8, 4) is 0 Å². The molecule has 1 aromatic carbocycles. The Bertz CT molecular complexity index is 770. The third-order valence-corrected chi connectivity index (χ3v) is 5.04. The maximum atomic E-state index is 13.6. The average Bonchev–Trinajstić information content (AvgIpc) is 3.33. The highest BCUT2D eigenvalue weighted by Crippen LogP contribution is 2.51. The topological polar surface area (TPSA) is 83.6 Å². The van der Waals surface area contributed by atoms with Crippen molar-refractivity contribution in [2.75, 3.05) is 7.05 Å². The largest absolute Gasteiger partial charge is 0.330 e. The first kappa shape index (κ1) is 16.3. The summed E-state index contributed by atoms with van der Waals surface area (Å²) in [5, 5.41) is 2.32. The third-order valence-electron chi connectivity index (χ3n) is 5.04. The fraction of sp³-hybridized carbons (Fsp3) is 0.412. The van der Waals surface area contributed by atoms with Crippen molar-refractivity contribution in [2.24, 2.45) is 5.41 Å². The molecule has 1 saturated heterocycles. The number of aldehydes is 1. The van der Waals surface area contributed by atoms with Crippen molar-refractivity contribution in [2.45, 2.75) is 32.2 Å². The zero-order valence-corrected chi connectivity index (χ0v) is 13.4. The van der Waals surface area contributed by atoms with Gasteiger partial charge in [0, 0.05) is 12.6 Å². The Labute approximate surface area is 138 Å². The number of hydrogen-bond donors (Lipinski definition) is 1. The molecule has 1 aromatic rings. The van der Waals surface area contributed by atoms with Crippen molar-refractivity contribution >= 4 is 24.0 Å². The van der Waals surface area contributed by atoms with E-state index in [2.05, 4.69) is 5.32 Å². The van der Waals surface area contributed by atoms with Crippen LogP contribution in [-0.4, -0.2) is 42.0 Å². The first-order valence-corrected chi connectivity index (χ1v) is 7.67. The maximum absolute atomic E-state index is 13.6. The molecule has 3 amide bonds. The van der Waals surface area contributed by atoms with Crippen LogP contribution >= 0.6 is 0 Å². The van der Waals surface area contributed by atoms with Gasteiger partial charge in [0.25, 0.3) is 5.91 Å². The third kappa shape index (κ3) is 2.40. The molecule has 1 aliphatic carbocycles. The minimum absolute atomic E-state index is 0.0275. The van der Waals surface area contributed by atoms with Gasteiger partial charge in [0.15, 0.2) is 6.29 Å². The zero-order chi connectivity index (χ0) is 17.6. The van der Waals surface area contributed by atoms with Crippen LogP contribution in [0.25, 0.3) is 0 Å². The molecule has 2 fully saturated rings. The lowest BCUT2D eigenvalue weighted by Gasteiger charge is -2.34. The number of amides is 3. The average molecular weight is 332 g/mol. The first-order chi connectivity index (χ1) is 11.3. The molecular weight excluding hydrogens is 315 g/mol. The Hall–Kier alpha value is -2.57. The van der Waals surface area contributed by atoms with Gasteiger partial charge >= 0.3 is 0 Å². The summed E-state index contributed by atoms with van der Waals surface area (Å²) in [4.78, 5) is 49.2. The molecule has 3 rings (SSSR count). The zero-order valence-electron chi connectivity index (χ0n) is 13.4. The normalized spacial score (nSPS) is 21.4. The van der Waals surface area contributed by atoms with E-state index < -0.39 is 29.1 Å². The number of piperidine rings is 1. The Balaban J connectivity index is 1.90. The fourth-order valence-corrected chi connectivity index (χ4v) is 3.15. The van der Waals surface area contributed by atoms with Gasteiger partial charge in [0.2, 0.25) is 11.8 Å². The highest BCUT2D eigenvalue weighted by atomic mass is 19.1. The van der Waals surface area contributed by atoms with Crippen molar-refractivity contribution < 1.29 is 23.6 Å². The molecule has 1 spiro atoms. The number of rotatable bonds is 3. The van der Waals surface area contributed by atoms with Crippen LogP contribution in [0, 0.1) is 18.2 Å². The molecule has 126 valence electrons. The summed E-state index contributed by atoms with van der Waals surface area (Å²) in [5.41, 5.74) is -0.452. The number of halogens is 1. The lowest BCUT2D eigenvalue weighted by atomic mass is 9.90. The van der Waals surface area contributed by atoms with Crippen LogP contribution in [0.3, 0.4) is 0 Å². The Morgan fingerprint density at radius 1 is 1.38 bits per heavy atom. The SMILES string of the molecule is Cc1c(F)ccc(C(=O)N(C)C2CC3(CC3)C(=O)NC2=O)c1C=O. The number of imide groups is 1. The molecule has 6 nitrogen and oxygen atoms in total. The number of carbonyl (C=O) groups excluding carboxylic acids is 4. The first-order valence-electron chi connectivity index (χ1n) is 7.67. The van der Waals surface area contributed by atoms with Crippen LogP contribution < -0.4 is 5.32 Å². The van der Waals surface area contributed by atoms with Crippen LogP contribution in [0.1, 0.15) is 45.5 Å². The Morgan fingerprint density at radius 3 is 2.62 bits per heavy atom.